The highest BCUT2D eigenvalue weighted by Gasteiger charge is 2.48. The Balaban J connectivity index is 2.23. The smallest absolute Gasteiger partial charge is 0.341 e. The number of benzene rings is 1. The molecule has 7 nitrogen and oxygen atoms in total. The van der Waals surface area contributed by atoms with Gasteiger partial charge in [-0.1, -0.05) is 0 Å². The Morgan fingerprint density at radius 3 is 2.33 bits per heavy atom. The summed E-state index contributed by atoms with van der Waals surface area (Å²) < 4.78 is 20.4. The number of rotatable bonds is 5. The van der Waals surface area contributed by atoms with E-state index in [2.05, 4.69) is 0 Å². The molecule has 0 radical (unpaired) electrons. The summed E-state index contributed by atoms with van der Waals surface area (Å²) in [6.07, 6.45) is 0.717. The highest BCUT2D eigenvalue weighted by atomic mass is 16.5. The van der Waals surface area contributed by atoms with E-state index in [4.69, 9.17) is 18.9 Å². The van der Waals surface area contributed by atoms with Crippen LogP contribution in [-0.2, 0) is 14.3 Å². The van der Waals surface area contributed by atoms with E-state index in [9.17, 15) is 14.9 Å². The largest absolute Gasteiger partial charge is 0.496 e. The lowest BCUT2D eigenvalue weighted by molar-refractivity contribution is -0.163. The Kier molecular flexibility index (Phi) is 4.98. The molecule has 1 saturated carbocycles. The summed E-state index contributed by atoms with van der Waals surface area (Å²) in [4.78, 5) is 23.5. The third-order valence-corrected chi connectivity index (χ3v) is 4.16. The molecule has 1 aromatic rings. The maximum atomic E-state index is 11.8. The number of hydrogen-bond donors (Lipinski definition) is 0. The molecule has 0 aliphatic heterocycles. The molecule has 0 N–H and O–H groups in total. The van der Waals surface area contributed by atoms with Gasteiger partial charge in [-0.2, -0.15) is 5.26 Å². The summed E-state index contributed by atoms with van der Waals surface area (Å²) in [6, 6.07) is 4.87. The van der Waals surface area contributed by atoms with Gasteiger partial charge in [0.1, 0.15) is 29.2 Å². The average Bonchev–Trinajstić information content (AvgIpc) is 2.58. The summed E-state index contributed by atoms with van der Waals surface area (Å²) in [5.74, 6) is -0.378. The zero-order chi connectivity index (χ0) is 17.9. The van der Waals surface area contributed by atoms with Crippen molar-refractivity contribution >= 4 is 11.9 Å². The molecule has 0 spiro atoms. The lowest BCUT2D eigenvalue weighted by Crippen LogP contribution is -2.47. The normalized spacial score (nSPS) is 21.9. The molecule has 0 amide bonds. The fourth-order valence-electron chi connectivity index (χ4n) is 2.80. The SMILES string of the molecule is COC(=O)c1cc(O[C@H]2C[C@@](C)(C(=O)OC)C2)c(C#N)cc1OC. The van der Waals surface area contributed by atoms with Gasteiger partial charge in [0.05, 0.1) is 32.3 Å². The average molecular weight is 333 g/mol. The highest BCUT2D eigenvalue weighted by Crippen LogP contribution is 2.44. The molecule has 0 heterocycles. The summed E-state index contributed by atoms with van der Waals surface area (Å²) >= 11 is 0. The van der Waals surface area contributed by atoms with E-state index < -0.39 is 11.4 Å². The third kappa shape index (κ3) is 3.13. The van der Waals surface area contributed by atoms with Gasteiger partial charge in [-0.15, -0.1) is 0 Å². The maximum Gasteiger partial charge on any atom is 0.341 e. The minimum atomic E-state index is -0.589. The molecular weight excluding hydrogens is 314 g/mol. The molecule has 1 aromatic carbocycles. The maximum absolute atomic E-state index is 11.8. The van der Waals surface area contributed by atoms with Gasteiger partial charge in [0.2, 0.25) is 0 Å². The Morgan fingerprint density at radius 2 is 1.83 bits per heavy atom. The van der Waals surface area contributed by atoms with Crippen molar-refractivity contribution in [3.63, 3.8) is 0 Å². The molecule has 24 heavy (non-hydrogen) atoms. The molecule has 1 fully saturated rings. The lowest BCUT2D eigenvalue weighted by atomic mass is 9.68. The topological polar surface area (TPSA) is 94.9 Å². The predicted octanol–water partition coefficient (Wildman–Crippen LogP) is 2.07. The van der Waals surface area contributed by atoms with E-state index in [1.54, 1.807) is 6.92 Å². The number of carbonyl (C=O) groups excluding carboxylic acids is 2. The van der Waals surface area contributed by atoms with E-state index in [-0.39, 0.29) is 34.7 Å². The first-order valence-corrected chi connectivity index (χ1v) is 7.34. The minimum absolute atomic E-state index is 0.170. The van der Waals surface area contributed by atoms with E-state index >= 15 is 0 Å². The zero-order valence-electron chi connectivity index (χ0n) is 14.0. The van der Waals surface area contributed by atoms with E-state index in [1.807, 2.05) is 6.07 Å². The molecule has 128 valence electrons. The molecule has 7 heteroatoms. The van der Waals surface area contributed by atoms with Crippen LogP contribution in [0, 0.1) is 16.7 Å². The van der Waals surface area contributed by atoms with Gasteiger partial charge in [-0.05, 0) is 13.0 Å². The Bertz CT molecular complexity index is 700. The van der Waals surface area contributed by atoms with Crippen LogP contribution in [0.5, 0.6) is 11.5 Å². The molecule has 0 atom stereocenters. The van der Waals surface area contributed by atoms with Crippen LogP contribution >= 0.6 is 0 Å². The van der Waals surface area contributed by atoms with Crippen LogP contribution in [0.2, 0.25) is 0 Å². The number of nitriles is 1. The number of hydrogen-bond acceptors (Lipinski definition) is 7. The molecule has 0 aromatic heterocycles. The standard InChI is InChI=1S/C17H19NO6/c1-17(16(20)23-4)7-11(8-17)24-13-6-12(15(19)22-3)14(21-2)5-10(13)9-18/h5-6,11H,7-8H2,1-4H3/t11-,17+. The fraction of sp³-hybridized carbons (Fsp3) is 0.471. The monoisotopic (exact) mass is 333 g/mol. The molecular formula is C17H19NO6. The van der Waals surface area contributed by atoms with Crippen LogP contribution in [0.4, 0.5) is 0 Å². The predicted molar refractivity (Wildman–Crippen MR) is 82.8 cm³/mol. The van der Waals surface area contributed by atoms with Gasteiger partial charge >= 0.3 is 11.9 Å². The van der Waals surface area contributed by atoms with Crippen molar-refractivity contribution in [3.8, 4) is 17.6 Å². The van der Waals surface area contributed by atoms with Crippen molar-refractivity contribution in [2.45, 2.75) is 25.9 Å². The van der Waals surface area contributed by atoms with Crippen molar-refractivity contribution in [2.24, 2.45) is 5.41 Å². The molecule has 0 bridgehead atoms. The van der Waals surface area contributed by atoms with Crippen molar-refractivity contribution in [3.05, 3.63) is 23.3 Å². The van der Waals surface area contributed by atoms with Gasteiger partial charge in [-0.25, -0.2) is 4.79 Å². The van der Waals surface area contributed by atoms with Gasteiger partial charge < -0.3 is 18.9 Å². The second kappa shape index (κ2) is 6.79. The first kappa shape index (κ1) is 17.6. The third-order valence-electron chi connectivity index (χ3n) is 4.16. The van der Waals surface area contributed by atoms with E-state index in [0.717, 1.165) is 0 Å². The van der Waals surface area contributed by atoms with Crippen LogP contribution in [0.1, 0.15) is 35.7 Å². The first-order valence-electron chi connectivity index (χ1n) is 7.34. The Hall–Kier alpha value is -2.75. The summed E-state index contributed by atoms with van der Waals surface area (Å²) in [5, 5.41) is 9.28. The van der Waals surface area contributed by atoms with Crippen LogP contribution < -0.4 is 9.47 Å². The van der Waals surface area contributed by atoms with Crippen LogP contribution in [-0.4, -0.2) is 39.4 Å². The number of methoxy groups -OCH3 is 3. The van der Waals surface area contributed by atoms with E-state index in [0.29, 0.717) is 12.8 Å². The Morgan fingerprint density at radius 1 is 1.17 bits per heavy atom. The zero-order valence-corrected chi connectivity index (χ0v) is 14.0. The molecule has 1 aliphatic rings. The summed E-state index contributed by atoms with van der Waals surface area (Å²) in [7, 11) is 4.01. The van der Waals surface area contributed by atoms with Gasteiger partial charge in [0.25, 0.3) is 0 Å². The lowest BCUT2D eigenvalue weighted by Gasteiger charge is -2.42. The van der Waals surface area contributed by atoms with Crippen molar-refractivity contribution < 1.29 is 28.5 Å². The second-order valence-electron chi connectivity index (χ2n) is 5.85. The molecule has 0 saturated heterocycles. The van der Waals surface area contributed by atoms with Crippen LogP contribution in [0.25, 0.3) is 0 Å². The van der Waals surface area contributed by atoms with E-state index in [1.165, 1.54) is 33.5 Å². The van der Waals surface area contributed by atoms with Crippen molar-refractivity contribution in [2.75, 3.05) is 21.3 Å². The second-order valence-corrected chi connectivity index (χ2v) is 5.85. The molecule has 2 rings (SSSR count). The van der Waals surface area contributed by atoms with Crippen molar-refractivity contribution in [1.82, 2.24) is 0 Å². The van der Waals surface area contributed by atoms with Crippen LogP contribution in [0.3, 0.4) is 0 Å². The van der Waals surface area contributed by atoms with Gasteiger partial charge in [-0.3, -0.25) is 4.79 Å². The molecule has 1 aliphatic carbocycles. The summed E-state index contributed by atoms with van der Waals surface area (Å²) in [6.45, 7) is 1.80. The van der Waals surface area contributed by atoms with Crippen LogP contribution in [0.15, 0.2) is 12.1 Å². The number of ether oxygens (including phenoxy) is 4. The Labute approximate surface area is 140 Å². The summed E-state index contributed by atoms with van der Waals surface area (Å²) in [5.41, 5.74) is -0.167. The minimum Gasteiger partial charge on any atom is -0.496 e. The first-order chi connectivity index (χ1) is 11.4. The fourth-order valence-corrected chi connectivity index (χ4v) is 2.80. The number of esters is 2. The van der Waals surface area contributed by atoms with Gasteiger partial charge in [0.15, 0.2) is 0 Å². The quantitative estimate of drug-likeness (QED) is 0.761. The van der Waals surface area contributed by atoms with Crippen molar-refractivity contribution in [1.29, 1.82) is 5.26 Å². The number of nitrogens with zero attached hydrogens (tertiary/aromatic N) is 1. The van der Waals surface area contributed by atoms with Gasteiger partial charge in [0, 0.05) is 18.9 Å². The highest BCUT2D eigenvalue weighted by molar-refractivity contribution is 5.93. The molecule has 0 unspecified atom stereocenters. The number of carbonyl (C=O) groups is 2.